The monoisotopic (exact) mass is 197 g/mol. The fourth-order valence-corrected chi connectivity index (χ4v) is 2.02. The average molecular weight is 197 g/mol. The van der Waals surface area contributed by atoms with Crippen molar-refractivity contribution in [1.29, 1.82) is 0 Å². The van der Waals surface area contributed by atoms with Crippen molar-refractivity contribution in [3.8, 4) is 0 Å². The molecule has 1 saturated heterocycles. The second-order valence-electron chi connectivity index (χ2n) is 4.46. The summed E-state index contributed by atoms with van der Waals surface area (Å²) in [5, 5.41) is 9.46. The van der Waals surface area contributed by atoms with Crippen LogP contribution in [0.4, 0.5) is 0 Å². The molecule has 1 unspecified atom stereocenters. The summed E-state index contributed by atoms with van der Waals surface area (Å²) in [6.45, 7) is 11.4. The zero-order valence-electron chi connectivity index (χ0n) is 9.50. The third-order valence-corrected chi connectivity index (χ3v) is 3.26. The number of aliphatic hydroxyl groups is 1. The Bertz CT molecular complexity index is 181. The van der Waals surface area contributed by atoms with Crippen LogP contribution in [0, 0.1) is 5.92 Å². The molecule has 1 N–H and O–H groups in total. The van der Waals surface area contributed by atoms with Gasteiger partial charge in [-0.15, -0.1) is 0 Å². The second kappa shape index (κ2) is 5.52. The van der Waals surface area contributed by atoms with Crippen molar-refractivity contribution >= 4 is 0 Å². The number of aliphatic hydroxyl groups excluding tert-OH is 1. The van der Waals surface area contributed by atoms with E-state index in [4.69, 9.17) is 0 Å². The van der Waals surface area contributed by atoms with E-state index in [1.807, 2.05) is 6.92 Å². The maximum Gasteiger partial charge on any atom is 0.0541 e. The first-order valence-corrected chi connectivity index (χ1v) is 5.70. The summed E-state index contributed by atoms with van der Waals surface area (Å²) in [4.78, 5) is 2.45. The zero-order chi connectivity index (χ0) is 10.6. The summed E-state index contributed by atoms with van der Waals surface area (Å²) >= 11 is 0. The molecule has 14 heavy (non-hydrogen) atoms. The third-order valence-electron chi connectivity index (χ3n) is 3.26. The highest BCUT2D eigenvalue weighted by molar-refractivity contribution is 4.96. The molecule has 0 amide bonds. The molecule has 82 valence electrons. The quantitative estimate of drug-likeness (QED) is 0.697. The third kappa shape index (κ3) is 3.43. The van der Waals surface area contributed by atoms with Crippen LogP contribution in [0.2, 0.25) is 0 Å². The van der Waals surface area contributed by atoms with E-state index in [0.29, 0.717) is 5.92 Å². The molecule has 0 bridgehead atoms. The Hall–Kier alpha value is -0.340. The first-order chi connectivity index (χ1) is 6.63. The van der Waals surface area contributed by atoms with Crippen LogP contribution in [-0.2, 0) is 0 Å². The maximum absolute atomic E-state index is 9.46. The van der Waals surface area contributed by atoms with E-state index in [9.17, 15) is 5.11 Å². The lowest BCUT2D eigenvalue weighted by atomic mass is 9.92. The van der Waals surface area contributed by atoms with Gasteiger partial charge in [-0.2, -0.15) is 0 Å². The van der Waals surface area contributed by atoms with Gasteiger partial charge in [-0.1, -0.05) is 19.1 Å². The van der Waals surface area contributed by atoms with Gasteiger partial charge in [-0.25, -0.2) is 0 Å². The van der Waals surface area contributed by atoms with Gasteiger partial charge < -0.3 is 5.11 Å². The normalized spacial score (nSPS) is 22.2. The van der Waals surface area contributed by atoms with Crippen LogP contribution in [0.3, 0.4) is 0 Å². The predicted octanol–water partition coefficient (Wildman–Crippen LogP) is 2.05. The number of piperidine rings is 1. The van der Waals surface area contributed by atoms with Crippen molar-refractivity contribution < 1.29 is 5.11 Å². The van der Waals surface area contributed by atoms with Crippen LogP contribution in [0.15, 0.2) is 12.2 Å². The van der Waals surface area contributed by atoms with Crippen LogP contribution in [0.1, 0.15) is 33.1 Å². The van der Waals surface area contributed by atoms with Gasteiger partial charge in [-0.05, 0) is 45.2 Å². The van der Waals surface area contributed by atoms with Gasteiger partial charge >= 0.3 is 0 Å². The standard InChI is InChI=1S/C12H23NO/c1-4-10(2)9-13-7-5-12(6-8-13)11(3)14/h11-12,14H,2,4-9H2,1,3H3. The molecule has 1 fully saturated rings. The molecule has 1 heterocycles. The first-order valence-electron chi connectivity index (χ1n) is 5.70. The van der Waals surface area contributed by atoms with E-state index >= 15 is 0 Å². The van der Waals surface area contributed by atoms with E-state index in [1.54, 1.807) is 0 Å². The van der Waals surface area contributed by atoms with Crippen molar-refractivity contribution in [1.82, 2.24) is 4.90 Å². The van der Waals surface area contributed by atoms with Crippen molar-refractivity contribution in [3.63, 3.8) is 0 Å². The van der Waals surface area contributed by atoms with Crippen LogP contribution in [-0.4, -0.2) is 35.7 Å². The molecule has 1 aliphatic rings. The van der Waals surface area contributed by atoms with E-state index in [2.05, 4.69) is 18.4 Å². The molecule has 0 aliphatic carbocycles. The summed E-state index contributed by atoms with van der Waals surface area (Å²) in [6.07, 6.45) is 3.21. The van der Waals surface area contributed by atoms with E-state index in [-0.39, 0.29) is 6.10 Å². The predicted molar refractivity (Wildman–Crippen MR) is 60.3 cm³/mol. The van der Waals surface area contributed by atoms with E-state index < -0.39 is 0 Å². The van der Waals surface area contributed by atoms with Crippen LogP contribution >= 0.6 is 0 Å². The molecule has 0 aromatic rings. The van der Waals surface area contributed by atoms with Crippen LogP contribution in [0.5, 0.6) is 0 Å². The summed E-state index contributed by atoms with van der Waals surface area (Å²) in [5.41, 5.74) is 1.32. The fraction of sp³-hybridized carbons (Fsp3) is 0.833. The Kier molecular flexibility index (Phi) is 4.63. The number of hydrogen-bond acceptors (Lipinski definition) is 2. The van der Waals surface area contributed by atoms with Gasteiger partial charge in [0.15, 0.2) is 0 Å². The molecular weight excluding hydrogens is 174 g/mol. The maximum atomic E-state index is 9.46. The highest BCUT2D eigenvalue weighted by atomic mass is 16.3. The largest absolute Gasteiger partial charge is 0.393 e. The first kappa shape index (κ1) is 11.7. The molecule has 1 rings (SSSR count). The van der Waals surface area contributed by atoms with Gasteiger partial charge in [0.25, 0.3) is 0 Å². The molecule has 0 aromatic carbocycles. The Labute approximate surface area is 87.6 Å². The molecule has 0 spiro atoms. The average Bonchev–Trinajstić information content (AvgIpc) is 2.18. The highest BCUT2D eigenvalue weighted by Crippen LogP contribution is 2.21. The zero-order valence-corrected chi connectivity index (χ0v) is 9.50. The molecule has 0 saturated carbocycles. The van der Waals surface area contributed by atoms with Crippen molar-refractivity contribution in [2.75, 3.05) is 19.6 Å². The van der Waals surface area contributed by atoms with Gasteiger partial charge in [-0.3, -0.25) is 4.90 Å². The molecule has 0 aromatic heterocycles. The summed E-state index contributed by atoms with van der Waals surface area (Å²) < 4.78 is 0. The molecule has 1 aliphatic heterocycles. The van der Waals surface area contributed by atoms with Crippen molar-refractivity contribution in [2.45, 2.75) is 39.2 Å². The molecule has 0 radical (unpaired) electrons. The lowest BCUT2D eigenvalue weighted by Crippen LogP contribution is -2.37. The van der Waals surface area contributed by atoms with Crippen LogP contribution in [0.25, 0.3) is 0 Å². The van der Waals surface area contributed by atoms with Crippen molar-refractivity contribution in [2.24, 2.45) is 5.92 Å². The van der Waals surface area contributed by atoms with E-state index in [1.165, 1.54) is 5.57 Å². The number of nitrogens with zero attached hydrogens (tertiary/aromatic N) is 1. The molecule has 2 nitrogen and oxygen atoms in total. The van der Waals surface area contributed by atoms with Gasteiger partial charge in [0.2, 0.25) is 0 Å². The fourth-order valence-electron chi connectivity index (χ4n) is 2.02. The van der Waals surface area contributed by atoms with Gasteiger partial charge in [0.05, 0.1) is 6.10 Å². The number of likely N-dealkylation sites (tertiary alicyclic amines) is 1. The number of rotatable bonds is 4. The lowest BCUT2D eigenvalue weighted by molar-refractivity contribution is 0.0747. The van der Waals surface area contributed by atoms with Crippen molar-refractivity contribution in [3.05, 3.63) is 12.2 Å². The highest BCUT2D eigenvalue weighted by Gasteiger charge is 2.22. The SMILES string of the molecule is C=C(CC)CN1CCC(C(C)O)CC1. The lowest BCUT2D eigenvalue weighted by Gasteiger charge is -2.33. The minimum absolute atomic E-state index is 0.133. The second-order valence-corrected chi connectivity index (χ2v) is 4.46. The smallest absolute Gasteiger partial charge is 0.0541 e. The Morgan fingerprint density at radius 2 is 2.07 bits per heavy atom. The minimum atomic E-state index is -0.133. The Morgan fingerprint density at radius 3 is 2.50 bits per heavy atom. The summed E-state index contributed by atoms with van der Waals surface area (Å²) in [6, 6.07) is 0. The summed E-state index contributed by atoms with van der Waals surface area (Å²) in [7, 11) is 0. The summed E-state index contributed by atoms with van der Waals surface area (Å²) in [5.74, 6) is 0.515. The molecular formula is C12H23NO. The molecule has 2 heteroatoms. The molecule has 1 atom stereocenters. The number of hydrogen-bond donors (Lipinski definition) is 1. The van der Waals surface area contributed by atoms with E-state index in [0.717, 1.165) is 38.9 Å². The van der Waals surface area contributed by atoms with Gasteiger partial charge in [0.1, 0.15) is 0 Å². The van der Waals surface area contributed by atoms with Crippen LogP contribution < -0.4 is 0 Å². The topological polar surface area (TPSA) is 23.5 Å². The van der Waals surface area contributed by atoms with Gasteiger partial charge in [0, 0.05) is 6.54 Å². The minimum Gasteiger partial charge on any atom is -0.393 e. The Balaban J connectivity index is 2.25. The Morgan fingerprint density at radius 1 is 1.50 bits per heavy atom.